The van der Waals surface area contributed by atoms with Crippen molar-refractivity contribution in [2.45, 2.75) is 19.3 Å². The van der Waals surface area contributed by atoms with Gasteiger partial charge in [-0.05, 0) is 54.0 Å². The highest BCUT2D eigenvalue weighted by Crippen LogP contribution is 2.19. The Morgan fingerprint density at radius 3 is 2.64 bits per heavy atom. The number of hydrogen-bond acceptors (Lipinski definition) is 1. The fourth-order valence-electron chi connectivity index (χ4n) is 1.12. The first-order valence-corrected chi connectivity index (χ1v) is 6.39. The third-order valence-corrected chi connectivity index (χ3v) is 3.03. The zero-order chi connectivity index (χ0) is 10.2. The number of unbranched alkanes of at least 4 members (excludes halogenated alkanes) is 2. The Bertz CT molecular complexity index is 265. The van der Waals surface area contributed by atoms with Crippen molar-refractivity contribution in [3.63, 3.8) is 0 Å². The molecule has 1 nitrogen and oxygen atoms in total. The molecule has 0 aliphatic carbocycles. The number of halogens is 2. The largest absolute Gasteiger partial charge is 0.492 e. The van der Waals surface area contributed by atoms with Crippen LogP contribution in [-0.4, -0.2) is 12.5 Å². The molecule has 0 aromatic heterocycles. The maximum atomic E-state index is 5.63. The fourth-order valence-corrected chi connectivity index (χ4v) is 1.85. The standard InChI is InChI=1S/C11H14ClIO/c12-8-4-1-5-9-14-11-7-3-2-6-10(11)13/h2-3,6-7H,1,4-5,8-9H2. The van der Waals surface area contributed by atoms with E-state index >= 15 is 0 Å². The van der Waals surface area contributed by atoms with Gasteiger partial charge in [-0.25, -0.2) is 0 Å². The van der Waals surface area contributed by atoms with E-state index in [4.69, 9.17) is 16.3 Å². The number of benzene rings is 1. The Hall–Kier alpha value is 0.0400. The summed E-state index contributed by atoms with van der Waals surface area (Å²) in [6.45, 7) is 0.789. The van der Waals surface area contributed by atoms with Crippen LogP contribution in [0.2, 0.25) is 0 Å². The molecule has 0 saturated heterocycles. The van der Waals surface area contributed by atoms with Crippen LogP contribution in [0.25, 0.3) is 0 Å². The average Bonchev–Trinajstić information content (AvgIpc) is 2.20. The molecule has 3 heteroatoms. The highest BCUT2D eigenvalue weighted by molar-refractivity contribution is 14.1. The van der Waals surface area contributed by atoms with Gasteiger partial charge in [-0.2, -0.15) is 0 Å². The van der Waals surface area contributed by atoms with E-state index in [9.17, 15) is 0 Å². The highest BCUT2D eigenvalue weighted by atomic mass is 127. The molecule has 1 aromatic carbocycles. The number of rotatable bonds is 6. The van der Waals surface area contributed by atoms with Gasteiger partial charge in [-0.3, -0.25) is 0 Å². The van der Waals surface area contributed by atoms with Crippen molar-refractivity contribution in [1.29, 1.82) is 0 Å². The lowest BCUT2D eigenvalue weighted by Gasteiger charge is -2.07. The molecule has 14 heavy (non-hydrogen) atoms. The summed E-state index contributed by atoms with van der Waals surface area (Å²) in [5, 5.41) is 0. The minimum Gasteiger partial charge on any atom is -0.492 e. The van der Waals surface area contributed by atoms with Crippen molar-refractivity contribution in [3.8, 4) is 5.75 Å². The van der Waals surface area contributed by atoms with Crippen molar-refractivity contribution in [2.24, 2.45) is 0 Å². The third kappa shape index (κ3) is 4.51. The quantitative estimate of drug-likeness (QED) is 0.435. The van der Waals surface area contributed by atoms with Crippen LogP contribution in [0.4, 0.5) is 0 Å². The summed E-state index contributed by atoms with van der Waals surface area (Å²) in [6.07, 6.45) is 3.31. The molecule has 1 rings (SSSR count). The van der Waals surface area contributed by atoms with E-state index < -0.39 is 0 Å². The zero-order valence-corrected chi connectivity index (χ0v) is 10.9. The predicted molar refractivity (Wildman–Crippen MR) is 69.2 cm³/mol. The first kappa shape index (κ1) is 12.1. The van der Waals surface area contributed by atoms with Gasteiger partial charge < -0.3 is 4.74 Å². The highest BCUT2D eigenvalue weighted by Gasteiger charge is 1.97. The van der Waals surface area contributed by atoms with Gasteiger partial charge in [0.25, 0.3) is 0 Å². The third-order valence-electron chi connectivity index (χ3n) is 1.87. The lowest BCUT2D eigenvalue weighted by molar-refractivity contribution is 0.304. The van der Waals surface area contributed by atoms with Crippen LogP contribution >= 0.6 is 34.2 Å². The predicted octanol–water partition coefficient (Wildman–Crippen LogP) is 4.08. The Labute approximate surface area is 104 Å². The normalized spacial score (nSPS) is 10.1. The van der Waals surface area contributed by atoms with Crippen LogP contribution < -0.4 is 4.74 Å². The van der Waals surface area contributed by atoms with E-state index in [1.54, 1.807) is 0 Å². The summed E-state index contributed by atoms with van der Waals surface area (Å²) >= 11 is 7.86. The van der Waals surface area contributed by atoms with Crippen LogP contribution in [0.15, 0.2) is 24.3 Å². The van der Waals surface area contributed by atoms with Crippen molar-refractivity contribution in [1.82, 2.24) is 0 Å². The molecule has 78 valence electrons. The van der Waals surface area contributed by atoms with Crippen molar-refractivity contribution in [2.75, 3.05) is 12.5 Å². The zero-order valence-electron chi connectivity index (χ0n) is 8.01. The SMILES string of the molecule is ClCCCCCOc1ccccc1I. The van der Waals surface area contributed by atoms with Gasteiger partial charge in [-0.15, -0.1) is 11.6 Å². The Morgan fingerprint density at radius 2 is 1.93 bits per heavy atom. The number of para-hydroxylation sites is 1. The molecule has 0 radical (unpaired) electrons. The van der Waals surface area contributed by atoms with Gasteiger partial charge in [-0.1, -0.05) is 12.1 Å². The number of alkyl halides is 1. The van der Waals surface area contributed by atoms with Crippen LogP contribution in [-0.2, 0) is 0 Å². The van der Waals surface area contributed by atoms with Crippen LogP contribution in [0.1, 0.15) is 19.3 Å². The van der Waals surface area contributed by atoms with E-state index in [2.05, 4.69) is 28.7 Å². The van der Waals surface area contributed by atoms with Crippen LogP contribution in [0.3, 0.4) is 0 Å². The van der Waals surface area contributed by atoms with Crippen molar-refractivity contribution in [3.05, 3.63) is 27.8 Å². The lowest BCUT2D eigenvalue weighted by atomic mass is 10.3. The molecule has 0 heterocycles. The number of hydrogen-bond donors (Lipinski definition) is 0. The summed E-state index contributed by atoms with van der Waals surface area (Å²) in [7, 11) is 0. The molecule has 0 N–H and O–H groups in total. The second-order valence-corrected chi connectivity index (χ2v) is 4.57. The number of ether oxygens (including phenoxy) is 1. The lowest BCUT2D eigenvalue weighted by Crippen LogP contribution is -1.98. The molecule has 0 atom stereocenters. The maximum Gasteiger partial charge on any atom is 0.132 e. The maximum absolute atomic E-state index is 5.63. The van der Waals surface area contributed by atoms with Gasteiger partial charge in [0, 0.05) is 5.88 Å². The van der Waals surface area contributed by atoms with Gasteiger partial charge in [0.05, 0.1) is 10.2 Å². The molecular weight excluding hydrogens is 310 g/mol. The molecule has 0 aliphatic heterocycles. The average molecular weight is 325 g/mol. The minimum absolute atomic E-state index is 0.753. The second kappa shape index (κ2) is 7.35. The molecule has 0 bridgehead atoms. The topological polar surface area (TPSA) is 9.23 Å². The van der Waals surface area contributed by atoms with Gasteiger partial charge in [0.2, 0.25) is 0 Å². The molecule has 0 fully saturated rings. The Morgan fingerprint density at radius 1 is 1.14 bits per heavy atom. The van der Waals surface area contributed by atoms with E-state index in [1.165, 1.54) is 3.57 Å². The second-order valence-electron chi connectivity index (χ2n) is 3.03. The molecule has 0 saturated carbocycles. The molecule has 0 unspecified atom stereocenters. The van der Waals surface area contributed by atoms with Gasteiger partial charge in [0.1, 0.15) is 5.75 Å². The smallest absolute Gasteiger partial charge is 0.132 e. The Kier molecular flexibility index (Phi) is 6.36. The summed E-state index contributed by atoms with van der Waals surface area (Å²) in [6, 6.07) is 8.07. The summed E-state index contributed by atoms with van der Waals surface area (Å²) in [4.78, 5) is 0. The minimum atomic E-state index is 0.753. The summed E-state index contributed by atoms with van der Waals surface area (Å²) < 4.78 is 6.80. The van der Waals surface area contributed by atoms with Crippen molar-refractivity contribution < 1.29 is 4.74 Å². The van der Waals surface area contributed by atoms with Crippen molar-refractivity contribution >= 4 is 34.2 Å². The van der Waals surface area contributed by atoms with Crippen LogP contribution in [0.5, 0.6) is 5.75 Å². The van der Waals surface area contributed by atoms with Gasteiger partial charge in [0.15, 0.2) is 0 Å². The molecule has 1 aromatic rings. The molecule has 0 aliphatic rings. The molecule has 0 spiro atoms. The first-order chi connectivity index (χ1) is 6.84. The summed E-state index contributed by atoms with van der Waals surface area (Å²) in [5.41, 5.74) is 0. The van der Waals surface area contributed by atoms with Gasteiger partial charge >= 0.3 is 0 Å². The van der Waals surface area contributed by atoms with E-state index in [0.717, 1.165) is 37.5 Å². The molecule has 0 amide bonds. The van der Waals surface area contributed by atoms with Crippen LogP contribution in [0, 0.1) is 3.57 Å². The fraction of sp³-hybridized carbons (Fsp3) is 0.455. The van der Waals surface area contributed by atoms with E-state index in [0.29, 0.717) is 0 Å². The molecular formula is C11H14ClIO. The Balaban J connectivity index is 2.21. The summed E-state index contributed by atoms with van der Waals surface area (Å²) in [5.74, 6) is 1.74. The van der Waals surface area contributed by atoms with E-state index in [1.807, 2.05) is 18.2 Å². The first-order valence-electron chi connectivity index (χ1n) is 4.78. The monoisotopic (exact) mass is 324 g/mol. The van der Waals surface area contributed by atoms with E-state index in [-0.39, 0.29) is 0 Å².